The van der Waals surface area contributed by atoms with Gasteiger partial charge in [0.2, 0.25) is 0 Å². The van der Waals surface area contributed by atoms with E-state index in [1.54, 1.807) is 0 Å². The van der Waals surface area contributed by atoms with E-state index >= 15 is 0 Å². The van der Waals surface area contributed by atoms with Gasteiger partial charge in [0.25, 0.3) is 0 Å². The minimum atomic E-state index is -0.881. The van der Waals surface area contributed by atoms with E-state index in [1.165, 1.54) is 0 Å². The normalized spacial score (nSPS) is 12.5. The molecule has 0 saturated heterocycles. The molecule has 3 N–H and O–H groups in total. The van der Waals surface area contributed by atoms with Crippen molar-refractivity contribution in [3.63, 3.8) is 0 Å². The van der Waals surface area contributed by atoms with Crippen LogP contribution in [0.1, 0.15) is 32.8 Å². The molecule has 1 unspecified atom stereocenters. The van der Waals surface area contributed by atoms with Crippen molar-refractivity contribution in [1.82, 2.24) is 10.6 Å². The molecule has 0 spiro atoms. The molecule has 0 fully saturated rings. The van der Waals surface area contributed by atoms with Crippen LogP contribution in [0.4, 0.5) is 4.79 Å². The minimum absolute atomic E-state index is 0.0920. The molecule has 1 aromatic rings. The Morgan fingerprint density at radius 2 is 1.76 bits per heavy atom. The Hall–Kier alpha value is -2.04. The van der Waals surface area contributed by atoms with Crippen molar-refractivity contribution in [2.75, 3.05) is 6.54 Å². The number of nitrogens with one attached hydrogen (secondary N) is 2. The molecule has 116 valence electrons. The summed E-state index contributed by atoms with van der Waals surface area (Å²) in [7, 11) is 0. The Morgan fingerprint density at radius 3 is 2.29 bits per heavy atom. The Labute approximate surface area is 125 Å². The standard InChI is InChI=1S/C16H24N2O3/c1-16(2,3)9-13(14(19)20)11-18-15(21)17-10-12-7-5-4-6-8-12/h4-8,13H,9-11H2,1-3H3,(H,19,20)(H2,17,18,21). The smallest absolute Gasteiger partial charge is 0.315 e. The second-order valence-electron chi connectivity index (χ2n) is 6.35. The van der Waals surface area contributed by atoms with E-state index in [9.17, 15) is 14.7 Å². The first kappa shape index (κ1) is 17.0. The van der Waals surface area contributed by atoms with E-state index in [-0.39, 0.29) is 18.0 Å². The maximum absolute atomic E-state index is 11.7. The van der Waals surface area contributed by atoms with Gasteiger partial charge in [-0.3, -0.25) is 4.79 Å². The second-order valence-corrected chi connectivity index (χ2v) is 6.35. The van der Waals surface area contributed by atoms with E-state index in [0.717, 1.165) is 5.56 Å². The molecular formula is C16H24N2O3. The van der Waals surface area contributed by atoms with E-state index in [4.69, 9.17) is 0 Å². The summed E-state index contributed by atoms with van der Waals surface area (Å²) in [6.07, 6.45) is 0.515. The summed E-state index contributed by atoms with van der Waals surface area (Å²) in [4.78, 5) is 22.9. The van der Waals surface area contributed by atoms with Crippen LogP contribution in [0.3, 0.4) is 0 Å². The average Bonchev–Trinajstić information content (AvgIpc) is 2.41. The van der Waals surface area contributed by atoms with Gasteiger partial charge in [-0.15, -0.1) is 0 Å². The molecule has 5 heteroatoms. The van der Waals surface area contributed by atoms with Crippen molar-refractivity contribution in [2.24, 2.45) is 11.3 Å². The molecule has 5 nitrogen and oxygen atoms in total. The molecule has 0 bridgehead atoms. The lowest BCUT2D eigenvalue weighted by molar-refractivity contribution is -0.142. The summed E-state index contributed by atoms with van der Waals surface area (Å²) < 4.78 is 0. The number of hydrogen-bond acceptors (Lipinski definition) is 2. The maximum atomic E-state index is 11.7. The van der Waals surface area contributed by atoms with Crippen molar-refractivity contribution in [3.8, 4) is 0 Å². The first-order valence-corrected chi connectivity index (χ1v) is 7.06. The quantitative estimate of drug-likeness (QED) is 0.754. The third kappa shape index (κ3) is 7.34. The van der Waals surface area contributed by atoms with Crippen LogP contribution in [-0.4, -0.2) is 23.7 Å². The van der Waals surface area contributed by atoms with Crippen LogP contribution in [-0.2, 0) is 11.3 Å². The lowest BCUT2D eigenvalue weighted by Gasteiger charge is -2.23. The Balaban J connectivity index is 2.38. The van der Waals surface area contributed by atoms with Crippen LogP contribution in [0, 0.1) is 11.3 Å². The molecule has 2 amide bonds. The number of rotatable bonds is 6. The topological polar surface area (TPSA) is 78.4 Å². The number of carboxylic acid groups (broad SMARTS) is 1. The van der Waals surface area contributed by atoms with E-state index < -0.39 is 11.9 Å². The Kier molecular flexibility index (Phi) is 6.21. The first-order valence-electron chi connectivity index (χ1n) is 7.06. The summed E-state index contributed by atoms with van der Waals surface area (Å²) in [6.45, 7) is 6.51. The molecule has 0 radical (unpaired) electrons. The summed E-state index contributed by atoms with van der Waals surface area (Å²) in [6, 6.07) is 9.20. The fraction of sp³-hybridized carbons (Fsp3) is 0.500. The first-order chi connectivity index (χ1) is 9.78. The zero-order valence-corrected chi connectivity index (χ0v) is 12.8. The molecule has 0 saturated carbocycles. The molecule has 1 rings (SSSR count). The van der Waals surface area contributed by atoms with Gasteiger partial charge in [-0.1, -0.05) is 51.1 Å². The van der Waals surface area contributed by atoms with E-state index in [0.29, 0.717) is 13.0 Å². The number of carboxylic acids is 1. The van der Waals surface area contributed by atoms with Crippen molar-refractivity contribution in [1.29, 1.82) is 0 Å². The molecule has 1 atom stereocenters. The number of benzene rings is 1. The van der Waals surface area contributed by atoms with Crippen LogP contribution < -0.4 is 10.6 Å². The number of amides is 2. The highest BCUT2D eigenvalue weighted by atomic mass is 16.4. The predicted molar refractivity (Wildman–Crippen MR) is 81.9 cm³/mol. The zero-order chi connectivity index (χ0) is 15.9. The molecule has 0 aliphatic rings. The number of urea groups is 1. The highest BCUT2D eigenvalue weighted by molar-refractivity contribution is 5.75. The zero-order valence-electron chi connectivity index (χ0n) is 12.8. The maximum Gasteiger partial charge on any atom is 0.315 e. The lowest BCUT2D eigenvalue weighted by atomic mass is 9.84. The van der Waals surface area contributed by atoms with Crippen LogP contribution in [0.25, 0.3) is 0 Å². The van der Waals surface area contributed by atoms with Gasteiger partial charge in [0, 0.05) is 13.1 Å². The van der Waals surface area contributed by atoms with Gasteiger partial charge >= 0.3 is 12.0 Å². The van der Waals surface area contributed by atoms with Gasteiger partial charge in [-0.25, -0.2) is 4.79 Å². The van der Waals surface area contributed by atoms with Gasteiger partial charge in [0.1, 0.15) is 0 Å². The summed E-state index contributed by atoms with van der Waals surface area (Å²) >= 11 is 0. The summed E-state index contributed by atoms with van der Waals surface area (Å²) in [5, 5.41) is 14.5. The van der Waals surface area contributed by atoms with Crippen LogP contribution in [0.2, 0.25) is 0 Å². The highest BCUT2D eigenvalue weighted by Crippen LogP contribution is 2.24. The number of hydrogen-bond donors (Lipinski definition) is 3. The van der Waals surface area contributed by atoms with Gasteiger partial charge in [0.15, 0.2) is 0 Å². The SMILES string of the molecule is CC(C)(C)CC(CNC(=O)NCc1ccccc1)C(=O)O. The number of carbonyl (C=O) groups is 2. The number of aliphatic carboxylic acids is 1. The predicted octanol–water partition coefficient (Wildman–Crippen LogP) is 2.62. The van der Waals surface area contributed by atoms with Crippen LogP contribution in [0.15, 0.2) is 30.3 Å². The molecule has 0 heterocycles. The van der Waals surface area contributed by atoms with Crippen molar-refractivity contribution < 1.29 is 14.7 Å². The molecule has 21 heavy (non-hydrogen) atoms. The van der Waals surface area contributed by atoms with Crippen LogP contribution in [0.5, 0.6) is 0 Å². The summed E-state index contributed by atoms with van der Waals surface area (Å²) in [5.41, 5.74) is 0.905. The van der Waals surface area contributed by atoms with Crippen molar-refractivity contribution >= 4 is 12.0 Å². The minimum Gasteiger partial charge on any atom is -0.481 e. The Bertz CT molecular complexity index is 466. The highest BCUT2D eigenvalue weighted by Gasteiger charge is 2.24. The molecule has 0 aliphatic heterocycles. The number of carbonyl (C=O) groups excluding carboxylic acids is 1. The van der Waals surface area contributed by atoms with Gasteiger partial charge < -0.3 is 15.7 Å². The van der Waals surface area contributed by atoms with Crippen LogP contribution >= 0.6 is 0 Å². The molecular weight excluding hydrogens is 268 g/mol. The van der Waals surface area contributed by atoms with Gasteiger partial charge in [-0.05, 0) is 17.4 Å². The fourth-order valence-corrected chi connectivity index (χ4v) is 2.04. The van der Waals surface area contributed by atoms with Crippen molar-refractivity contribution in [2.45, 2.75) is 33.7 Å². The third-order valence-electron chi connectivity index (χ3n) is 3.01. The van der Waals surface area contributed by atoms with Gasteiger partial charge in [-0.2, -0.15) is 0 Å². The second kappa shape index (κ2) is 7.67. The fourth-order valence-electron chi connectivity index (χ4n) is 2.04. The van der Waals surface area contributed by atoms with E-state index in [2.05, 4.69) is 10.6 Å². The Morgan fingerprint density at radius 1 is 1.14 bits per heavy atom. The molecule has 0 aliphatic carbocycles. The lowest BCUT2D eigenvalue weighted by Crippen LogP contribution is -2.40. The van der Waals surface area contributed by atoms with Gasteiger partial charge in [0.05, 0.1) is 5.92 Å². The summed E-state index contributed by atoms with van der Waals surface area (Å²) in [5.74, 6) is -1.46. The molecule has 0 aromatic heterocycles. The third-order valence-corrected chi connectivity index (χ3v) is 3.01. The molecule has 1 aromatic carbocycles. The monoisotopic (exact) mass is 292 g/mol. The van der Waals surface area contributed by atoms with Crippen molar-refractivity contribution in [3.05, 3.63) is 35.9 Å². The van der Waals surface area contributed by atoms with E-state index in [1.807, 2.05) is 51.1 Å². The largest absolute Gasteiger partial charge is 0.481 e. The average molecular weight is 292 g/mol.